The second-order valence-electron chi connectivity index (χ2n) is 13.8. The summed E-state index contributed by atoms with van der Waals surface area (Å²) in [5, 5.41) is 10.6. The van der Waals surface area contributed by atoms with Crippen LogP contribution in [0, 0.1) is 38.5 Å². The number of ether oxygens (including phenoxy) is 1. The number of hydrogen-bond donors (Lipinski definition) is 1. The number of aryl methyl sites for hydroxylation is 2. The van der Waals surface area contributed by atoms with Gasteiger partial charge in [0.25, 0.3) is 0 Å². The number of benzene rings is 2. The predicted molar refractivity (Wildman–Crippen MR) is 210 cm³/mol. The molecule has 3 aliphatic heterocycles. The highest BCUT2D eigenvalue weighted by atomic mass is 35.5. The zero-order valence-electron chi connectivity index (χ0n) is 30.9. The molecule has 5 heterocycles. The number of piperidine rings is 1. The Morgan fingerprint density at radius 2 is 1.69 bits per heavy atom. The Morgan fingerprint density at radius 1 is 0.963 bits per heavy atom. The van der Waals surface area contributed by atoms with E-state index in [1.807, 2.05) is 53.1 Å². The quantitative estimate of drug-likeness (QED) is 0.217. The van der Waals surface area contributed by atoms with Gasteiger partial charge in [0.1, 0.15) is 16.9 Å². The van der Waals surface area contributed by atoms with Crippen LogP contribution < -0.4 is 10.6 Å². The summed E-state index contributed by atoms with van der Waals surface area (Å²) in [7, 11) is 1.34. The summed E-state index contributed by atoms with van der Waals surface area (Å²) in [6.45, 7) is 9.81. The molecular formula is C40H43ClN8O4S. The molecule has 0 spiro atoms. The van der Waals surface area contributed by atoms with Crippen LogP contribution in [-0.2, 0) is 14.3 Å². The number of halogens is 1. The number of rotatable bonds is 6. The topological polar surface area (TPSA) is 139 Å². The van der Waals surface area contributed by atoms with Crippen molar-refractivity contribution in [1.29, 1.82) is 0 Å². The Morgan fingerprint density at radius 3 is 2.37 bits per heavy atom. The lowest BCUT2D eigenvalue weighted by Crippen LogP contribution is -2.52. The van der Waals surface area contributed by atoms with E-state index in [1.165, 1.54) is 12.0 Å². The number of carbonyl (C=O) groups excluding carboxylic acids is 3. The lowest BCUT2D eigenvalue weighted by Gasteiger charge is -2.39. The van der Waals surface area contributed by atoms with Crippen molar-refractivity contribution in [2.45, 2.75) is 46.1 Å². The molecule has 2 N–H and O–H groups in total. The Bertz CT molecular complexity index is 2180. The van der Waals surface area contributed by atoms with Gasteiger partial charge in [-0.1, -0.05) is 35.6 Å². The summed E-state index contributed by atoms with van der Waals surface area (Å²) in [6, 6.07) is 12.6. The first kappa shape index (κ1) is 37.3. The van der Waals surface area contributed by atoms with Gasteiger partial charge in [-0.2, -0.15) is 0 Å². The Balaban J connectivity index is 1.00. The molecule has 0 aliphatic carbocycles. The minimum atomic E-state index is -0.542. The van der Waals surface area contributed by atoms with Crippen molar-refractivity contribution in [3.8, 4) is 16.8 Å². The lowest BCUT2D eigenvalue weighted by atomic mass is 9.94. The molecule has 2 fully saturated rings. The van der Waals surface area contributed by atoms with Crippen LogP contribution in [-0.4, -0.2) is 101 Å². The zero-order chi connectivity index (χ0) is 38.1. The fourth-order valence-electron chi connectivity index (χ4n) is 7.51. The molecule has 14 heteroatoms. The van der Waals surface area contributed by atoms with Gasteiger partial charge >= 0.3 is 5.97 Å². The molecule has 1 atom stereocenters. The van der Waals surface area contributed by atoms with Crippen molar-refractivity contribution in [3.63, 3.8) is 0 Å². The number of esters is 1. The molecule has 2 amide bonds. The fourth-order valence-corrected chi connectivity index (χ4v) is 8.85. The number of fused-ring (bicyclic) bond motifs is 3. The van der Waals surface area contributed by atoms with E-state index in [0.29, 0.717) is 74.1 Å². The lowest BCUT2D eigenvalue weighted by molar-refractivity contribution is -0.141. The van der Waals surface area contributed by atoms with Gasteiger partial charge in [0.2, 0.25) is 11.8 Å². The van der Waals surface area contributed by atoms with Crippen LogP contribution in [0.25, 0.3) is 5.00 Å². The average Bonchev–Trinajstić information content (AvgIpc) is 3.68. The molecule has 2 aromatic heterocycles. The average molecular weight is 767 g/mol. The molecule has 2 aromatic carbocycles. The van der Waals surface area contributed by atoms with Crippen LogP contribution in [0.5, 0.6) is 0 Å². The molecule has 12 nitrogen and oxygen atoms in total. The maximum atomic E-state index is 14.0. The van der Waals surface area contributed by atoms with E-state index in [2.05, 4.69) is 45.4 Å². The second-order valence-corrected chi connectivity index (χ2v) is 15.4. The standard InChI is InChI=1S/C40H43ClN8O4S/c1-24-25(2)54-39-35(24)36(27-7-9-30(41)10-8-27)43-33(37-45-44-26(3)49(37)39)23-34(50)47-16-13-28(14-17-47)38(51)48-20-18-46(19-21-48)31-11-12-32(40(52)53-4)29(22-31)6-5-15-42/h7-12,22,28,33H,13-21,23,42H2,1-4H3/t33-/m0/s1. The molecule has 280 valence electrons. The van der Waals surface area contributed by atoms with Crippen LogP contribution in [0.15, 0.2) is 47.5 Å². The number of carbonyl (C=O) groups is 3. The molecule has 0 radical (unpaired) electrons. The smallest absolute Gasteiger partial charge is 0.339 e. The minimum Gasteiger partial charge on any atom is -0.465 e. The third-order valence-corrected chi connectivity index (χ3v) is 12.1. The number of methoxy groups -OCH3 is 1. The third-order valence-electron chi connectivity index (χ3n) is 10.6. The predicted octanol–water partition coefficient (Wildman–Crippen LogP) is 4.87. The van der Waals surface area contributed by atoms with Crippen LogP contribution in [0.2, 0.25) is 5.02 Å². The van der Waals surface area contributed by atoms with Crippen LogP contribution in [0.4, 0.5) is 5.69 Å². The molecule has 4 aromatic rings. The van der Waals surface area contributed by atoms with Gasteiger partial charge in [-0.3, -0.25) is 19.1 Å². The van der Waals surface area contributed by atoms with Crippen molar-refractivity contribution in [3.05, 3.63) is 91.8 Å². The second kappa shape index (κ2) is 15.8. The SMILES string of the molecule is COC(=O)c1ccc(N2CCN(C(=O)C3CCN(C(=O)C[C@@H]4N=C(c5ccc(Cl)cc5)c5c(sc(C)c5C)-n5c(C)nnc54)CC3)CC2)cc1C#CCN. The van der Waals surface area contributed by atoms with E-state index in [4.69, 9.17) is 27.1 Å². The number of nitrogens with zero attached hydrogens (tertiary/aromatic N) is 7. The number of thiophene rings is 1. The van der Waals surface area contributed by atoms with E-state index in [-0.39, 0.29) is 30.7 Å². The van der Waals surface area contributed by atoms with Crippen molar-refractivity contribution in [2.24, 2.45) is 16.6 Å². The fraction of sp³-hybridized carbons (Fsp3) is 0.400. The van der Waals surface area contributed by atoms with Gasteiger partial charge in [-0.25, -0.2) is 4.79 Å². The molecule has 0 bridgehead atoms. The summed E-state index contributed by atoms with van der Waals surface area (Å²) >= 11 is 7.94. The number of hydrogen-bond acceptors (Lipinski definition) is 10. The number of aliphatic imine (C=N–C) groups is 1. The molecule has 0 saturated carbocycles. The molecule has 7 rings (SSSR count). The number of aromatic nitrogens is 3. The maximum absolute atomic E-state index is 14.0. The van der Waals surface area contributed by atoms with Gasteiger partial charge in [-0.05, 0) is 69.5 Å². The Kier molecular flexibility index (Phi) is 10.9. The first-order chi connectivity index (χ1) is 26.1. The molecule has 54 heavy (non-hydrogen) atoms. The summed E-state index contributed by atoms with van der Waals surface area (Å²) in [4.78, 5) is 52.4. The Labute approximate surface area is 323 Å². The number of nitrogens with two attached hydrogens (primary N) is 1. The van der Waals surface area contributed by atoms with Gasteiger partial charge in [-0.15, -0.1) is 21.5 Å². The largest absolute Gasteiger partial charge is 0.465 e. The normalized spacial score (nSPS) is 17.2. The highest BCUT2D eigenvalue weighted by Crippen LogP contribution is 2.40. The number of piperazine rings is 1. The first-order valence-corrected chi connectivity index (χ1v) is 19.4. The number of amides is 2. The molecule has 0 unspecified atom stereocenters. The van der Waals surface area contributed by atoms with E-state index in [9.17, 15) is 14.4 Å². The van der Waals surface area contributed by atoms with E-state index in [0.717, 1.165) is 38.9 Å². The highest BCUT2D eigenvalue weighted by molar-refractivity contribution is 7.15. The third kappa shape index (κ3) is 7.25. The van der Waals surface area contributed by atoms with Crippen molar-refractivity contribution in [1.82, 2.24) is 24.6 Å². The Hall–Kier alpha value is -5.03. The van der Waals surface area contributed by atoms with Crippen LogP contribution >= 0.6 is 22.9 Å². The zero-order valence-corrected chi connectivity index (χ0v) is 32.5. The van der Waals surface area contributed by atoms with E-state index in [1.54, 1.807) is 17.4 Å². The van der Waals surface area contributed by atoms with Crippen LogP contribution in [0.1, 0.15) is 74.4 Å². The number of likely N-dealkylation sites (tertiary alicyclic amines) is 1. The van der Waals surface area contributed by atoms with Crippen molar-refractivity contribution >= 4 is 52.1 Å². The van der Waals surface area contributed by atoms with E-state index >= 15 is 0 Å². The van der Waals surface area contributed by atoms with Crippen LogP contribution in [0.3, 0.4) is 0 Å². The monoisotopic (exact) mass is 766 g/mol. The van der Waals surface area contributed by atoms with Crippen molar-refractivity contribution < 1.29 is 19.1 Å². The molecule has 2 saturated heterocycles. The molecular weight excluding hydrogens is 724 g/mol. The minimum absolute atomic E-state index is 0.0159. The van der Waals surface area contributed by atoms with Gasteiger partial charge < -0.3 is 25.2 Å². The summed E-state index contributed by atoms with van der Waals surface area (Å²) < 4.78 is 6.97. The number of anilines is 1. The van der Waals surface area contributed by atoms with Gasteiger partial charge in [0.05, 0.1) is 31.4 Å². The molecule has 3 aliphatic rings. The van der Waals surface area contributed by atoms with E-state index < -0.39 is 12.0 Å². The van der Waals surface area contributed by atoms with Gasteiger partial charge in [0.15, 0.2) is 5.82 Å². The first-order valence-electron chi connectivity index (χ1n) is 18.2. The summed E-state index contributed by atoms with van der Waals surface area (Å²) in [5.74, 6) is 6.74. The van der Waals surface area contributed by atoms with Crippen molar-refractivity contribution in [2.75, 3.05) is 57.8 Å². The highest BCUT2D eigenvalue weighted by Gasteiger charge is 2.36. The summed E-state index contributed by atoms with van der Waals surface area (Å²) in [5.41, 5.74) is 11.4. The summed E-state index contributed by atoms with van der Waals surface area (Å²) in [6.07, 6.45) is 1.36. The van der Waals surface area contributed by atoms with Gasteiger partial charge in [0, 0.05) is 77.5 Å². The maximum Gasteiger partial charge on any atom is 0.339 e.